The van der Waals surface area contributed by atoms with E-state index in [-0.39, 0.29) is 0 Å². The second kappa shape index (κ2) is 3.37. The largest absolute Gasteiger partial charge is 0.382 e. The van der Waals surface area contributed by atoms with Crippen LogP contribution in [-0.4, -0.2) is 18.2 Å². The molecule has 2 heteroatoms. The van der Waals surface area contributed by atoms with E-state index < -0.39 is 5.60 Å². The summed E-state index contributed by atoms with van der Waals surface area (Å²) in [6, 6.07) is 8.27. The molecule has 76 valence electrons. The highest BCUT2D eigenvalue weighted by atomic mass is 16.3. The van der Waals surface area contributed by atoms with E-state index in [9.17, 15) is 5.11 Å². The van der Waals surface area contributed by atoms with Gasteiger partial charge >= 0.3 is 0 Å². The number of hydrogen-bond acceptors (Lipinski definition) is 2. The quantitative estimate of drug-likeness (QED) is 0.744. The Balaban J connectivity index is 2.30. The standard InChI is InChI=1S/C12H17NO/c1-9(2)10-4-3-5-11(6-10)12(14)7-13-8-12/h3-6,9,13-14H,7-8H2,1-2H3. The van der Waals surface area contributed by atoms with Gasteiger partial charge < -0.3 is 10.4 Å². The molecule has 1 aliphatic rings. The molecular weight excluding hydrogens is 174 g/mol. The van der Waals surface area contributed by atoms with Gasteiger partial charge in [-0.05, 0) is 17.0 Å². The first-order valence-electron chi connectivity index (χ1n) is 5.15. The van der Waals surface area contributed by atoms with Gasteiger partial charge in [0.25, 0.3) is 0 Å². The Hall–Kier alpha value is -0.860. The van der Waals surface area contributed by atoms with Crippen molar-refractivity contribution in [1.29, 1.82) is 0 Å². The van der Waals surface area contributed by atoms with Crippen molar-refractivity contribution < 1.29 is 5.11 Å². The molecule has 1 aromatic carbocycles. The van der Waals surface area contributed by atoms with Crippen LogP contribution in [0, 0.1) is 0 Å². The lowest BCUT2D eigenvalue weighted by atomic mass is 9.86. The minimum absolute atomic E-state index is 0.520. The molecule has 0 saturated carbocycles. The second-order valence-electron chi connectivity index (χ2n) is 4.42. The zero-order valence-electron chi connectivity index (χ0n) is 8.75. The Morgan fingerprint density at radius 1 is 1.36 bits per heavy atom. The SMILES string of the molecule is CC(C)c1cccc(C2(O)CNC2)c1. The van der Waals surface area contributed by atoms with Crippen LogP contribution in [0.4, 0.5) is 0 Å². The van der Waals surface area contributed by atoms with Crippen molar-refractivity contribution in [2.75, 3.05) is 13.1 Å². The summed E-state index contributed by atoms with van der Waals surface area (Å²) in [6.45, 7) is 5.69. The number of aliphatic hydroxyl groups is 1. The van der Waals surface area contributed by atoms with E-state index in [2.05, 4.69) is 31.3 Å². The molecule has 14 heavy (non-hydrogen) atoms. The van der Waals surface area contributed by atoms with E-state index >= 15 is 0 Å². The van der Waals surface area contributed by atoms with Crippen LogP contribution >= 0.6 is 0 Å². The fraction of sp³-hybridized carbons (Fsp3) is 0.500. The first-order valence-corrected chi connectivity index (χ1v) is 5.15. The van der Waals surface area contributed by atoms with Crippen LogP contribution in [-0.2, 0) is 5.60 Å². The van der Waals surface area contributed by atoms with Gasteiger partial charge in [-0.25, -0.2) is 0 Å². The van der Waals surface area contributed by atoms with Crippen molar-refractivity contribution in [2.24, 2.45) is 0 Å². The molecular formula is C12H17NO. The highest BCUT2D eigenvalue weighted by molar-refractivity contribution is 5.32. The summed E-state index contributed by atoms with van der Waals surface area (Å²) >= 11 is 0. The van der Waals surface area contributed by atoms with Crippen molar-refractivity contribution in [3.63, 3.8) is 0 Å². The minimum Gasteiger partial charge on any atom is -0.382 e. The van der Waals surface area contributed by atoms with Crippen LogP contribution in [0.3, 0.4) is 0 Å². The Morgan fingerprint density at radius 3 is 2.57 bits per heavy atom. The molecule has 1 aliphatic heterocycles. The van der Waals surface area contributed by atoms with E-state index in [0.29, 0.717) is 19.0 Å². The van der Waals surface area contributed by atoms with E-state index in [1.165, 1.54) is 5.56 Å². The predicted octanol–water partition coefficient (Wildman–Crippen LogP) is 1.60. The third-order valence-corrected chi connectivity index (χ3v) is 2.93. The van der Waals surface area contributed by atoms with Gasteiger partial charge in [-0.15, -0.1) is 0 Å². The fourth-order valence-corrected chi connectivity index (χ4v) is 1.75. The van der Waals surface area contributed by atoms with Crippen LogP contribution in [0.2, 0.25) is 0 Å². The maximum atomic E-state index is 10.1. The molecule has 0 radical (unpaired) electrons. The summed E-state index contributed by atoms with van der Waals surface area (Å²) < 4.78 is 0. The van der Waals surface area contributed by atoms with E-state index in [1.54, 1.807) is 0 Å². The highest BCUT2D eigenvalue weighted by Crippen LogP contribution is 2.27. The van der Waals surface area contributed by atoms with Crippen molar-refractivity contribution in [2.45, 2.75) is 25.4 Å². The average Bonchev–Trinajstić information content (AvgIpc) is 2.14. The summed E-state index contributed by atoms with van der Waals surface area (Å²) in [5.41, 5.74) is 1.72. The molecule has 1 saturated heterocycles. The zero-order chi connectivity index (χ0) is 10.2. The smallest absolute Gasteiger partial charge is 0.114 e. The summed E-state index contributed by atoms with van der Waals surface area (Å²) in [5, 5.41) is 13.2. The van der Waals surface area contributed by atoms with Gasteiger partial charge in [0.1, 0.15) is 5.60 Å². The predicted molar refractivity (Wildman–Crippen MR) is 57.3 cm³/mol. The maximum absolute atomic E-state index is 10.1. The van der Waals surface area contributed by atoms with Crippen LogP contribution in [0.25, 0.3) is 0 Å². The number of rotatable bonds is 2. The second-order valence-corrected chi connectivity index (χ2v) is 4.42. The number of β-amino-alcohol motifs (C(OH)–C–C–N with tert-alkyl or cyclic N) is 1. The van der Waals surface area contributed by atoms with E-state index in [4.69, 9.17) is 0 Å². The molecule has 0 amide bonds. The topological polar surface area (TPSA) is 32.3 Å². The lowest BCUT2D eigenvalue weighted by Gasteiger charge is -2.38. The molecule has 2 nitrogen and oxygen atoms in total. The lowest BCUT2D eigenvalue weighted by Crippen LogP contribution is -2.56. The van der Waals surface area contributed by atoms with Crippen LogP contribution < -0.4 is 5.32 Å². The molecule has 0 atom stereocenters. The molecule has 0 aliphatic carbocycles. The first-order chi connectivity index (χ1) is 6.62. The van der Waals surface area contributed by atoms with Gasteiger partial charge in [-0.3, -0.25) is 0 Å². The summed E-state index contributed by atoms with van der Waals surface area (Å²) in [6.07, 6.45) is 0. The minimum atomic E-state index is -0.620. The lowest BCUT2D eigenvalue weighted by molar-refractivity contribution is -0.0147. The Kier molecular flexibility index (Phi) is 2.33. The average molecular weight is 191 g/mol. The van der Waals surface area contributed by atoms with E-state index in [0.717, 1.165) is 5.56 Å². The van der Waals surface area contributed by atoms with Crippen LogP contribution in [0.5, 0.6) is 0 Å². The molecule has 0 spiro atoms. The summed E-state index contributed by atoms with van der Waals surface area (Å²) in [5.74, 6) is 0.520. The molecule has 0 aromatic heterocycles. The van der Waals surface area contributed by atoms with Gasteiger partial charge in [0.2, 0.25) is 0 Å². The molecule has 2 N–H and O–H groups in total. The normalized spacial score (nSPS) is 19.4. The molecule has 1 heterocycles. The Labute approximate surface area is 85.0 Å². The van der Waals surface area contributed by atoms with Gasteiger partial charge in [-0.1, -0.05) is 38.1 Å². The van der Waals surface area contributed by atoms with Crippen molar-refractivity contribution in [3.8, 4) is 0 Å². The van der Waals surface area contributed by atoms with Gasteiger partial charge in [0.05, 0.1) is 0 Å². The van der Waals surface area contributed by atoms with Crippen molar-refractivity contribution in [1.82, 2.24) is 5.32 Å². The molecule has 0 unspecified atom stereocenters. The summed E-state index contributed by atoms with van der Waals surface area (Å²) in [4.78, 5) is 0. The van der Waals surface area contributed by atoms with Crippen LogP contribution in [0.1, 0.15) is 30.9 Å². The van der Waals surface area contributed by atoms with Crippen LogP contribution in [0.15, 0.2) is 24.3 Å². The monoisotopic (exact) mass is 191 g/mol. The van der Waals surface area contributed by atoms with E-state index in [1.807, 2.05) is 12.1 Å². The molecule has 0 bridgehead atoms. The Morgan fingerprint density at radius 2 is 2.07 bits per heavy atom. The van der Waals surface area contributed by atoms with Gasteiger partial charge in [0.15, 0.2) is 0 Å². The summed E-state index contributed by atoms with van der Waals surface area (Å²) in [7, 11) is 0. The third-order valence-electron chi connectivity index (χ3n) is 2.93. The third kappa shape index (κ3) is 1.56. The number of hydrogen-bond donors (Lipinski definition) is 2. The fourth-order valence-electron chi connectivity index (χ4n) is 1.75. The van der Waals surface area contributed by atoms with Gasteiger partial charge in [-0.2, -0.15) is 0 Å². The van der Waals surface area contributed by atoms with Crippen molar-refractivity contribution >= 4 is 0 Å². The highest BCUT2D eigenvalue weighted by Gasteiger charge is 2.36. The number of nitrogens with one attached hydrogen (secondary N) is 1. The first kappa shape index (κ1) is 9.69. The zero-order valence-corrected chi connectivity index (χ0v) is 8.75. The number of benzene rings is 1. The van der Waals surface area contributed by atoms with Crippen molar-refractivity contribution in [3.05, 3.63) is 35.4 Å². The Bertz CT molecular complexity index is 329. The molecule has 1 aromatic rings. The maximum Gasteiger partial charge on any atom is 0.114 e. The molecule has 2 rings (SSSR count). The van der Waals surface area contributed by atoms with Gasteiger partial charge in [0, 0.05) is 13.1 Å². The molecule has 1 fully saturated rings.